The molecule has 1 aromatic heterocycles. The summed E-state index contributed by atoms with van der Waals surface area (Å²) in [4.78, 5) is 11.0. The first-order chi connectivity index (χ1) is 8.63. The molecule has 0 spiro atoms. The molecule has 90 valence electrons. The largest absolute Gasteiger partial charge is 0.270 e. The van der Waals surface area contributed by atoms with Gasteiger partial charge in [0, 0.05) is 17.0 Å². The second kappa shape index (κ2) is 5.17. The van der Waals surface area contributed by atoms with Crippen molar-refractivity contribution in [3.8, 4) is 6.07 Å². The normalized spacial score (nSPS) is 11.8. The van der Waals surface area contributed by atoms with E-state index < -0.39 is 10.8 Å². The van der Waals surface area contributed by atoms with Crippen LogP contribution < -0.4 is 0 Å². The van der Waals surface area contributed by atoms with Crippen molar-refractivity contribution in [2.75, 3.05) is 0 Å². The summed E-state index contributed by atoms with van der Waals surface area (Å²) in [5, 5.41) is 21.9. The monoisotopic (exact) mass is 278 g/mol. The van der Waals surface area contributed by atoms with E-state index in [9.17, 15) is 15.4 Å². The Morgan fingerprint density at radius 2 is 2.22 bits per heavy atom. The third-order valence-electron chi connectivity index (χ3n) is 2.46. The van der Waals surface area contributed by atoms with Crippen LogP contribution in [0.2, 0.25) is 5.02 Å². The third kappa shape index (κ3) is 2.35. The van der Waals surface area contributed by atoms with Crippen LogP contribution in [-0.4, -0.2) is 4.92 Å². The lowest BCUT2D eigenvalue weighted by Crippen LogP contribution is -1.98. The average molecular weight is 279 g/mol. The zero-order valence-electron chi connectivity index (χ0n) is 9.04. The Hall–Kier alpha value is -1.90. The van der Waals surface area contributed by atoms with Crippen LogP contribution in [0, 0.1) is 21.4 Å². The summed E-state index contributed by atoms with van der Waals surface area (Å²) in [6.45, 7) is 0. The molecule has 2 aromatic rings. The van der Waals surface area contributed by atoms with Gasteiger partial charge in [0.25, 0.3) is 5.69 Å². The smallest absolute Gasteiger partial charge is 0.258 e. The third-order valence-corrected chi connectivity index (χ3v) is 3.73. The van der Waals surface area contributed by atoms with Crippen molar-refractivity contribution in [3.05, 3.63) is 61.3 Å². The van der Waals surface area contributed by atoms with E-state index in [4.69, 9.17) is 11.6 Å². The number of halogens is 1. The zero-order chi connectivity index (χ0) is 13.1. The van der Waals surface area contributed by atoms with E-state index in [-0.39, 0.29) is 10.7 Å². The molecule has 0 saturated heterocycles. The number of non-ortho nitro benzene ring substituents is 1. The number of rotatable bonds is 3. The summed E-state index contributed by atoms with van der Waals surface area (Å²) < 4.78 is 0. The van der Waals surface area contributed by atoms with Crippen molar-refractivity contribution >= 4 is 28.6 Å². The molecule has 0 N–H and O–H groups in total. The van der Waals surface area contributed by atoms with Crippen LogP contribution in [0.4, 0.5) is 5.69 Å². The summed E-state index contributed by atoms with van der Waals surface area (Å²) in [5.74, 6) is -0.488. The number of thiophene rings is 1. The van der Waals surface area contributed by atoms with E-state index in [2.05, 4.69) is 6.07 Å². The number of benzene rings is 1. The molecule has 1 aromatic carbocycles. The fraction of sp³-hybridized carbons (Fsp3) is 0.0833. The van der Waals surface area contributed by atoms with Crippen molar-refractivity contribution in [2.45, 2.75) is 5.92 Å². The predicted molar refractivity (Wildman–Crippen MR) is 69.9 cm³/mol. The molecule has 18 heavy (non-hydrogen) atoms. The van der Waals surface area contributed by atoms with E-state index in [1.54, 1.807) is 0 Å². The second-order valence-electron chi connectivity index (χ2n) is 3.54. The predicted octanol–water partition coefficient (Wildman–Crippen LogP) is 3.97. The summed E-state index contributed by atoms with van der Waals surface area (Å²) in [6.07, 6.45) is 0. The highest BCUT2D eigenvalue weighted by molar-refractivity contribution is 7.10. The summed E-state index contributed by atoms with van der Waals surface area (Å²) in [7, 11) is 0. The molecule has 0 aliphatic carbocycles. The molecule has 0 fully saturated rings. The van der Waals surface area contributed by atoms with Gasteiger partial charge in [0.15, 0.2) is 0 Å². The van der Waals surface area contributed by atoms with E-state index in [0.717, 1.165) is 4.88 Å². The number of nitriles is 1. The SMILES string of the molecule is N#CC(c1cccs1)c1ccc([N+](=O)[O-])cc1Cl. The highest BCUT2D eigenvalue weighted by Gasteiger charge is 2.19. The van der Waals surface area contributed by atoms with Crippen molar-refractivity contribution in [2.24, 2.45) is 0 Å². The van der Waals surface area contributed by atoms with Crippen LogP contribution in [0.25, 0.3) is 0 Å². The van der Waals surface area contributed by atoms with Crippen LogP contribution in [0.5, 0.6) is 0 Å². The first-order valence-corrected chi connectivity index (χ1v) is 6.26. The number of hydrogen-bond acceptors (Lipinski definition) is 4. The van der Waals surface area contributed by atoms with Crippen molar-refractivity contribution < 1.29 is 4.92 Å². The van der Waals surface area contributed by atoms with E-state index in [1.165, 1.54) is 29.5 Å². The van der Waals surface area contributed by atoms with Crippen LogP contribution in [0.1, 0.15) is 16.4 Å². The number of nitrogens with zero attached hydrogens (tertiary/aromatic N) is 2. The molecule has 1 atom stereocenters. The molecule has 2 rings (SSSR count). The first kappa shape index (κ1) is 12.6. The molecule has 4 nitrogen and oxygen atoms in total. The van der Waals surface area contributed by atoms with Gasteiger partial charge in [-0.1, -0.05) is 17.7 Å². The first-order valence-electron chi connectivity index (χ1n) is 5.00. The molecule has 0 saturated carbocycles. The maximum Gasteiger partial charge on any atom is 0.270 e. The van der Waals surface area contributed by atoms with E-state index in [0.29, 0.717) is 5.56 Å². The number of nitro groups is 1. The molecule has 0 aliphatic heterocycles. The minimum absolute atomic E-state index is 0.0772. The minimum atomic E-state index is -0.512. The lowest BCUT2D eigenvalue weighted by atomic mass is 9.98. The molecule has 1 unspecified atom stereocenters. The van der Waals surface area contributed by atoms with Gasteiger partial charge in [-0.05, 0) is 23.1 Å². The summed E-state index contributed by atoms with van der Waals surface area (Å²) >= 11 is 7.47. The summed E-state index contributed by atoms with van der Waals surface area (Å²) in [6, 6.07) is 10.0. The Balaban J connectivity index is 2.45. The fourth-order valence-electron chi connectivity index (χ4n) is 1.61. The maximum atomic E-state index is 10.6. The highest BCUT2D eigenvalue weighted by Crippen LogP contribution is 2.34. The summed E-state index contributed by atoms with van der Waals surface area (Å²) in [5.41, 5.74) is 0.513. The second-order valence-corrected chi connectivity index (χ2v) is 4.93. The maximum absolute atomic E-state index is 10.6. The van der Waals surface area contributed by atoms with Gasteiger partial charge in [-0.2, -0.15) is 5.26 Å². The Morgan fingerprint density at radius 1 is 1.44 bits per heavy atom. The molecule has 1 heterocycles. The Labute approximate surface area is 112 Å². The quantitative estimate of drug-likeness (QED) is 0.630. The van der Waals surface area contributed by atoms with Crippen molar-refractivity contribution in [1.29, 1.82) is 5.26 Å². The lowest BCUT2D eigenvalue weighted by Gasteiger charge is -2.09. The standard InChI is InChI=1S/C12H7ClN2O2S/c13-11-6-8(15(16)17)3-4-9(11)10(7-14)12-2-1-5-18-12/h1-6,10H. The van der Waals surface area contributed by atoms with Gasteiger partial charge < -0.3 is 0 Å². The molecule has 0 radical (unpaired) electrons. The number of nitro benzene ring substituents is 1. The van der Waals surface area contributed by atoms with Gasteiger partial charge >= 0.3 is 0 Å². The van der Waals surface area contributed by atoms with Gasteiger partial charge in [-0.25, -0.2) is 0 Å². The molecular weight excluding hydrogens is 272 g/mol. The van der Waals surface area contributed by atoms with Crippen LogP contribution in [-0.2, 0) is 0 Å². The van der Waals surface area contributed by atoms with Gasteiger partial charge in [0.05, 0.1) is 16.0 Å². The number of hydrogen-bond donors (Lipinski definition) is 0. The van der Waals surface area contributed by atoms with Gasteiger partial charge in [0.1, 0.15) is 5.92 Å². The molecule has 6 heteroatoms. The zero-order valence-corrected chi connectivity index (χ0v) is 10.6. The Bertz CT molecular complexity index is 620. The topological polar surface area (TPSA) is 66.9 Å². The minimum Gasteiger partial charge on any atom is -0.258 e. The van der Waals surface area contributed by atoms with Crippen molar-refractivity contribution in [3.63, 3.8) is 0 Å². The van der Waals surface area contributed by atoms with Crippen LogP contribution in [0.3, 0.4) is 0 Å². The van der Waals surface area contributed by atoms with Crippen molar-refractivity contribution in [1.82, 2.24) is 0 Å². The Kier molecular flexibility index (Phi) is 3.60. The van der Waals surface area contributed by atoms with Gasteiger partial charge in [-0.3, -0.25) is 10.1 Å². The highest BCUT2D eigenvalue weighted by atomic mass is 35.5. The molecule has 0 amide bonds. The molecule has 0 aliphatic rings. The average Bonchev–Trinajstić information content (AvgIpc) is 2.85. The molecule has 0 bridgehead atoms. The fourth-order valence-corrected chi connectivity index (χ4v) is 2.68. The van der Waals surface area contributed by atoms with Crippen LogP contribution in [0.15, 0.2) is 35.7 Å². The van der Waals surface area contributed by atoms with E-state index in [1.807, 2.05) is 17.5 Å². The Morgan fingerprint density at radius 3 is 2.72 bits per heavy atom. The molecular formula is C12H7ClN2O2S. The van der Waals surface area contributed by atoms with Gasteiger partial charge in [-0.15, -0.1) is 11.3 Å². The van der Waals surface area contributed by atoms with Gasteiger partial charge in [0.2, 0.25) is 0 Å². The van der Waals surface area contributed by atoms with E-state index >= 15 is 0 Å². The lowest BCUT2D eigenvalue weighted by molar-refractivity contribution is -0.384. The van der Waals surface area contributed by atoms with Crippen LogP contribution >= 0.6 is 22.9 Å².